The summed E-state index contributed by atoms with van der Waals surface area (Å²) in [6.07, 6.45) is 1.81. The maximum absolute atomic E-state index is 9.48. The van der Waals surface area contributed by atoms with Gasteiger partial charge in [-0.3, -0.25) is 0 Å². The predicted molar refractivity (Wildman–Crippen MR) is 107 cm³/mol. The topological polar surface area (TPSA) is 33.0 Å². The second-order valence-corrected chi connectivity index (χ2v) is 6.48. The van der Waals surface area contributed by atoms with Gasteiger partial charge in [0, 0.05) is 15.6 Å². The molecule has 3 rings (SSSR count). The van der Waals surface area contributed by atoms with Gasteiger partial charge in [-0.25, -0.2) is 0 Å². The standard InChI is InChI=1S/C22H15Cl2NO/c23-20-8-4-7-17(13-20)19(14-25)11-16-5-3-9-21(12-16)26-15-18-6-1-2-10-22(18)24/h1-13H,15H2/b19-11-. The molecular weight excluding hydrogens is 365 g/mol. The van der Waals surface area contributed by atoms with Crippen molar-refractivity contribution in [2.75, 3.05) is 0 Å². The molecule has 0 bridgehead atoms. The number of hydrogen-bond acceptors (Lipinski definition) is 2. The van der Waals surface area contributed by atoms with Gasteiger partial charge in [0.05, 0.1) is 11.6 Å². The van der Waals surface area contributed by atoms with E-state index < -0.39 is 0 Å². The van der Waals surface area contributed by atoms with Crippen LogP contribution in [0.3, 0.4) is 0 Å². The Kier molecular flexibility index (Phi) is 5.96. The highest BCUT2D eigenvalue weighted by Gasteiger charge is 2.04. The molecule has 4 heteroatoms. The van der Waals surface area contributed by atoms with Crippen molar-refractivity contribution in [1.29, 1.82) is 5.26 Å². The Morgan fingerprint density at radius 2 is 1.77 bits per heavy atom. The minimum Gasteiger partial charge on any atom is -0.489 e. The zero-order chi connectivity index (χ0) is 18.4. The summed E-state index contributed by atoms with van der Waals surface area (Å²) in [4.78, 5) is 0. The summed E-state index contributed by atoms with van der Waals surface area (Å²) < 4.78 is 5.84. The molecule has 0 aliphatic carbocycles. The fourth-order valence-electron chi connectivity index (χ4n) is 2.47. The molecule has 0 aliphatic heterocycles. The van der Waals surface area contributed by atoms with Crippen LogP contribution < -0.4 is 4.74 Å². The lowest BCUT2D eigenvalue weighted by atomic mass is 10.0. The number of allylic oxidation sites excluding steroid dienone is 1. The van der Waals surface area contributed by atoms with Gasteiger partial charge in [0.15, 0.2) is 0 Å². The molecule has 0 saturated carbocycles. The van der Waals surface area contributed by atoms with E-state index >= 15 is 0 Å². The summed E-state index contributed by atoms with van der Waals surface area (Å²) in [6, 6.07) is 24.6. The molecule has 26 heavy (non-hydrogen) atoms. The average molecular weight is 380 g/mol. The SMILES string of the molecule is N#C/C(=C/c1cccc(OCc2ccccc2Cl)c1)c1cccc(Cl)c1. The lowest BCUT2D eigenvalue weighted by Gasteiger charge is -2.08. The maximum atomic E-state index is 9.48. The Morgan fingerprint density at radius 1 is 0.962 bits per heavy atom. The molecular formula is C22H15Cl2NO. The van der Waals surface area contributed by atoms with Crippen LogP contribution in [-0.2, 0) is 6.61 Å². The number of halogens is 2. The zero-order valence-electron chi connectivity index (χ0n) is 13.8. The van der Waals surface area contributed by atoms with Gasteiger partial charge >= 0.3 is 0 Å². The second kappa shape index (κ2) is 8.58. The predicted octanol–water partition coefficient (Wildman–Crippen LogP) is 6.64. The Labute approximate surface area is 162 Å². The highest BCUT2D eigenvalue weighted by atomic mass is 35.5. The molecule has 2 nitrogen and oxygen atoms in total. The van der Waals surface area contributed by atoms with Gasteiger partial charge < -0.3 is 4.74 Å². The van der Waals surface area contributed by atoms with Crippen LogP contribution in [0.25, 0.3) is 11.6 Å². The van der Waals surface area contributed by atoms with Crippen LogP contribution in [0.5, 0.6) is 5.75 Å². The van der Waals surface area contributed by atoms with Crippen LogP contribution in [0.4, 0.5) is 0 Å². The first-order valence-electron chi connectivity index (χ1n) is 8.00. The summed E-state index contributed by atoms with van der Waals surface area (Å²) in [5.74, 6) is 0.710. The number of ether oxygens (including phenoxy) is 1. The van der Waals surface area contributed by atoms with E-state index in [4.69, 9.17) is 27.9 Å². The van der Waals surface area contributed by atoms with Gasteiger partial charge in [-0.2, -0.15) is 5.26 Å². The first-order valence-corrected chi connectivity index (χ1v) is 8.75. The van der Waals surface area contributed by atoms with Crippen LogP contribution >= 0.6 is 23.2 Å². The Bertz CT molecular complexity index is 989. The van der Waals surface area contributed by atoms with Crippen LogP contribution in [-0.4, -0.2) is 0 Å². The van der Waals surface area contributed by atoms with Gasteiger partial charge in [0.2, 0.25) is 0 Å². The van der Waals surface area contributed by atoms with Gasteiger partial charge in [0.25, 0.3) is 0 Å². The van der Waals surface area contributed by atoms with E-state index in [1.807, 2.05) is 66.7 Å². The lowest BCUT2D eigenvalue weighted by Crippen LogP contribution is -1.96. The number of benzene rings is 3. The summed E-state index contributed by atoms with van der Waals surface area (Å²) in [5, 5.41) is 10.8. The Hall–Kier alpha value is -2.73. The molecule has 0 N–H and O–H groups in total. The van der Waals surface area contributed by atoms with Crippen molar-refractivity contribution in [3.63, 3.8) is 0 Å². The van der Waals surface area contributed by atoms with E-state index in [1.165, 1.54) is 0 Å². The number of rotatable bonds is 5. The van der Waals surface area contributed by atoms with Crippen molar-refractivity contribution in [1.82, 2.24) is 0 Å². The smallest absolute Gasteiger partial charge is 0.120 e. The van der Waals surface area contributed by atoms with Crippen molar-refractivity contribution in [2.24, 2.45) is 0 Å². The molecule has 0 unspecified atom stereocenters. The van der Waals surface area contributed by atoms with Crippen molar-refractivity contribution >= 4 is 34.9 Å². The molecule has 0 atom stereocenters. The summed E-state index contributed by atoms with van der Waals surface area (Å²) >= 11 is 12.2. The molecule has 3 aromatic rings. The summed E-state index contributed by atoms with van der Waals surface area (Å²) in [7, 11) is 0. The Balaban J connectivity index is 1.80. The van der Waals surface area contributed by atoms with Crippen LogP contribution in [0.1, 0.15) is 16.7 Å². The molecule has 0 aliphatic rings. The highest BCUT2D eigenvalue weighted by molar-refractivity contribution is 6.31. The zero-order valence-corrected chi connectivity index (χ0v) is 15.3. The van der Waals surface area contributed by atoms with Gasteiger partial charge in [0.1, 0.15) is 12.4 Å². The van der Waals surface area contributed by atoms with Gasteiger partial charge in [-0.05, 0) is 47.5 Å². The number of nitriles is 1. The van der Waals surface area contributed by atoms with Crippen molar-refractivity contribution in [3.8, 4) is 11.8 Å². The van der Waals surface area contributed by atoms with E-state index in [0.29, 0.717) is 28.0 Å². The first-order chi connectivity index (χ1) is 12.7. The largest absolute Gasteiger partial charge is 0.489 e. The molecule has 0 spiro atoms. The van der Waals surface area contributed by atoms with E-state index in [1.54, 1.807) is 12.1 Å². The normalized spacial score (nSPS) is 11.0. The summed E-state index contributed by atoms with van der Waals surface area (Å²) in [6.45, 7) is 0.381. The van der Waals surface area contributed by atoms with E-state index in [-0.39, 0.29) is 0 Å². The quantitative estimate of drug-likeness (QED) is 0.367. The minimum atomic E-state index is 0.381. The van der Waals surface area contributed by atoms with Crippen LogP contribution in [0, 0.1) is 11.3 Å². The van der Waals surface area contributed by atoms with Crippen molar-refractivity contribution in [2.45, 2.75) is 6.61 Å². The van der Waals surface area contributed by atoms with Gasteiger partial charge in [-0.15, -0.1) is 0 Å². The number of hydrogen-bond donors (Lipinski definition) is 0. The molecule has 0 heterocycles. The third kappa shape index (κ3) is 4.67. The molecule has 0 aromatic heterocycles. The van der Waals surface area contributed by atoms with E-state index in [0.717, 1.165) is 16.7 Å². The molecule has 0 saturated heterocycles. The molecule has 128 valence electrons. The maximum Gasteiger partial charge on any atom is 0.120 e. The average Bonchev–Trinajstić information content (AvgIpc) is 2.66. The fourth-order valence-corrected chi connectivity index (χ4v) is 2.85. The Morgan fingerprint density at radius 3 is 2.54 bits per heavy atom. The van der Waals surface area contributed by atoms with Crippen LogP contribution in [0.2, 0.25) is 10.0 Å². The first kappa shape index (κ1) is 18.1. The van der Waals surface area contributed by atoms with Crippen molar-refractivity contribution < 1.29 is 4.74 Å². The number of nitrogens with zero attached hydrogens (tertiary/aromatic N) is 1. The van der Waals surface area contributed by atoms with E-state index in [9.17, 15) is 5.26 Å². The van der Waals surface area contributed by atoms with Crippen LogP contribution in [0.15, 0.2) is 72.8 Å². The highest BCUT2D eigenvalue weighted by Crippen LogP contribution is 2.24. The monoisotopic (exact) mass is 379 g/mol. The second-order valence-electron chi connectivity index (χ2n) is 5.63. The van der Waals surface area contributed by atoms with Crippen molar-refractivity contribution in [3.05, 3.63) is 99.5 Å². The van der Waals surface area contributed by atoms with Gasteiger partial charge in [-0.1, -0.05) is 65.7 Å². The van der Waals surface area contributed by atoms with E-state index in [2.05, 4.69) is 6.07 Å². The molecule has 0 fully saturated rings. The lowest BCUT2D eigenvalue weighted by molar-refractivity contribution is 0.306. The summed E-state index contributed by atoms with van der Waals surface area (Å²) in [5.41, 5.74) is 3.11. The molecule has 0 radical (unpaired) electrons. The molecule has 0 amide bonds. The fraction of sp³-hybridized carbons (Fsp3) is 0.0455. The minimum absolute atomic E-state index is 0.381. The molecule has 3 aromatic carbocycles. The third-order valence-electron chi connectivity index (χ3n) is 3.78. The third-order valence-corrected chi connectivity index (χ3v) is 4.38.